The first-order valence-corrected chi connectivity index (χ1v) is 5.78. The quantitative estimate of drug-likeness (QED) is 0.862. The molecule has 0 atom stereocenters. The molecular weight excluding hydrogens is 226 g/mol. The standard InChI is InChI=1S/C15H15NO2/c1-11-4-2-6-13(8-11)16-14-7-3-5-12(9-14)10-15(17)18/h2-9,16H,10H2,1H3,(H,17,18). The van der Waals surface area contributed by atoms with E-state index < -0.39 is 5.97 Å². The smallest absolute Gasteiger partial charge is 0.307 e. The summed E-state index contributed by atoms with van der Waals surface area (Å²) in [5, 5.41) is 12.0. The monoisotopic (exact) mass is 241 g/mol. The van der Waals surface area contributed by atoms with Gasteiger partial charge in [0.05, 0.1) is 6.42 Å². The maximum absolute atomic E-state index is 10.7. The van der Waals surface area contributed by atoms with E-state index in [2.05, 4.69) is 5.32 Å². The summed E-state index contributed by atoms with van der Waals surface area (Å²) in [7, 11) is 0. The van der Waals surface area contributed by atoms with Crippen LogP contribution in [0.15, 0.2) is 48.5 Å². The number of anilines is 2. The summed E-state index contributed by atoms with van der Waals surface area (Å²) in [6, 6.07) is 15.5. The molecule has 3 nitrogen and oxygen atoms in total. The molecule has 2 aromatic rings. The number of rotatable bonds is 4. The highest BCUT2D eigenvalue weighted by Gasteiger charge is 2.01. The second-order valence-corrected chi connectivity index (χ2v) is 4.27. The number of carboxylic acids is 1. The summed E-state index contributed by atoms with van der Waals surface area (Å²) in [4.78, 5) is 10.7. The summed E-state index contributed by atoms with van der Waals surface area (Å²) in [6.07, 6.45) is 0.0450. The van der Waals surface area contributed by atoms with Crippen LogP contribution in [0.2, 0.25) is 0 Å². The van der Waals surface area contributed by atoms with Gasteiger partial charge in [0.15, 0.2) is 0 Å². The Morgan fingerprint density at radius 1 is 1.11 bits per heavy atom. The van der Waals surface area contributed by atoms with E-state index >= 15 is 0 Å². The molecule has 0 unspecified atom stereocenters. The second-order valence-electron chi connectivity index (χ2n) is 4.27. The summed E-state index contributed by atoms with van der Waals surface area (Å²) in [6.45, 7) is 2.03. The molecule has 0 saturated heterocycles. The lowest BCUT2D eigenvalue weighted by atomic mass is 10.1. The maximum Gasteiger partial charge on any atom is 0.307 e. The number of benzene rings is 2. The van der Waals surface area contributed by atoms with Crippen LogP contribution < -0.4 is 5.32 Å². The first kappa shape index (κ1) is 12.2. The van der Waals surface area contributed by atoms with E-state index in [1.807, 2.05) is 55.5 Å². The fourth-order valence-electron chi connectivity index (χ4n) is 1.82. The molecular formula is C15H15NO2. The van der Waals surface area contributed by atoms with Crippen LogP contribution in [0, 0.1) is 6.92 Å². The number of nitrogens with one attached hydrogen (secondary N) is 1. The maximum atomic E-state index is 10.7. The molecule has 0 saturated carbocycles. The zero-order valence-electron chi connectivity index (χ0n) is 10.2. The zero-order valence-corrected chi connectivity index (χ0v) is 10.2. The Hall–Kier alpha value is -2.29. The van der Waals surface area contributed by atoms with Gasteiger partial charge in [-0.3, -0.25) is 4.79 Å². The number of hydrogen-bond donors (Lipinski definition) is 2. The third-order valence-electron chi connectivity index (χ3n) is 2.59. The molecule has 0 spiro atoms. The van der Waals surface area contributed by atoms with Gasteiger partial charge in [0.25, 0.3) is 0 Å². The molecule has 2 aromatic carbocycles. The van der Waals surface area contributed by atoms with Crippen LogP contribution >= 0.6 is 0 Å². The van der Waals surface area contributed by atoms with Crippen molar-refractivity contribution in [3.63, 3.8) is 0 Å². The fourth-order valence-corrected chi connectivity index (χ4v) is 1.82. The van der Waals surface area contributed by atoms with Gasteiger partial charge in [0, 0.05) is 11.4 Å². The third kappa shape index (κ3) is 3.35. The Kier molecular flexibility index (Phi) is 3.63. The molecule has 0 radical (unpaired) electrons. The Labute approximate surface area is 106 Å². The van der Waals surface area contributed by atoms with Crippen molar-refractivity contribution in [1.82, 2.24) is 0 Å². The number of aliphatic carboxylic acids is 1. The van der Waals surface area contributed by atoms with Gasteiger partial charge in [-0.05, 0) is 42.3 Å². The molecule has 0 heterocycles. The van der Waals surface area contributed by atoms with Gasteiger partial charge in [0.1, 0.15) is 0 Å². The van der Waals surface area contributed by atoms with E-state index in [9.17, 15) is 4.79 Å². The molecule has 0 aliphatic rings. The largest absolute Gasteiger partial charge is 0.481 e. The summed E-state index contributed by atoms with van der Waals surface area (Å²) in [5.41, 5.74) is 3.88. The van der Waals surface area contributed by atoms with Crippen molar-refractivity contribution in [3.05, 3.63) is 59.7 Å². The molecule has 0 bridgehead atoms. The Morgan fingerprint density at radius 3 is 2.44 bits per heavy atom. The van der Waals surface area contributed by atoms with Crippen molar-refractivity contribution in [2.45, 2.75) is 13.3 Å². The molecule has 0 aliphatic carbocycles. The van der Waals surface area contributed by atoms with Crippen molar-refractivity contribution < 1.29 is 9.90 Å². The van der Waals surface area contributed by atoms with Crippen molar-refractivity contribution in [2.75, 3.05) is 5.32 Å². The van der Waals surface area contributed by atoms with E-state index in [1.165, 1.54) is 5.56 Å². The van der Waals surface area contributed by atoms with Crippen LogP contribution in [-0.4, -0.2) is 11.1 Å². The predicted octanol–water partition coefficient (Wildman–Crippen LogP) is 3.37. The average molecular weight is 241 g/mol. The molecule has 0 aromatic heterocycles. The van der Waals surface area contributed by atoms with E-state index in [0.717, 1.165) is 16.9 Å². The van der Waals surface area contributed by atoms with Crippen molar-refractivity contribution >= 4 is 17.3 Å². The molecule has 2 N–H and O–H groups in total. The number of carboxylic acid groups (broad SMARTS) is 1. The van der Waals surface area contributed by atoms with Crippen LogP contribution in [-0.2, 0) is 11.2 Å². The fraction of sp³-hybridized carbons (Fsp3) is 0.133. The van der Waals surface area contributed by atoms with Gasteiger partial charge in [-0.1, -0.05) is 24.3 Å². The Bertz CT molecular complexity index is 564. The molecule has 3 heteroatoms. The lowest BCUT2D eigenvalue weighted by Crippen LogP contribution is -2.00. The number of carbonyl (C=O) groups is 1. The van der Waals surface area contributed by atoms with Gasteiger partial charge in [-0.25, -0.2) is 0 Å². The minimum absolute atomic E-state index is 0.0450. The van der Waals surface area contributed by atoms with E-state index in [0.29, 0.717) is 0 Å². The van der Waals surface area contributed by atoms with Crippen LogP contribution in [0.5, 0.6) is 0 Å². The number of hydrogen-bond acceptors (Lipinski definition) is 2. The van der Waals surface area contributed by atoms with E-state index in [-0.39, 0.29) is 6.42 Å². The highest BCUT2D eigenvalue weighted by molar-refractivity contribution is 5.71. The van der Waals surface area contributed by atoms with Gasteiger partial charge >= 0.3 is 5.97 Å². The minimum atomic E-state index is -0.817. The van der Waals surface area contributed by atoms with Gasteiger partial charge < -0.3 is 10.4 Å². The normalized spacial score (nSPS) is 10.1. The molecule has 0 amide bonds. The first-order chi connectivity index (χ1) is 8.63. The molecule has 18 heavy (non-hydrogen) atoms. The minimum Gasteiger partial charge on any atom is -0.481 e. The highest BCUT2D eigenvalue weighted by atomic mass is 16.4. The van der Waals surface area contributed by atoms with Crippen LogP contribution in [0.4, 0.5) is 11.4 Å². The zero-order chi connectivity index (χ0) is 13.0. The van der Waals surface area contributed by atoms with E-state index in [4.69, 9.17) is 5.11 Å². The number of aryl methyl sites for hydroxylation is 1. The highest BCUT2D eigenvalue weighted by Crippen LogP contribution is 2.18. The molecule has 0 fully saturated rings. The Morgan fingerprint density at radius 2 is 1.78 bits per heavy atom. The van der Waals surface area contributed by atoms with Crippen molar-refractivity contribution in [3.8, 4) is 0 Å². The van der Waals surface area contributed by atoms with Gasteiger partial charge in [0.2, 0.25) is 0 Å². The van der Waals surface area contributed by atoms with Crippen LogP contribution in [0.1, 0.15) is 11.1 Å². The van der Waals surface area contributed by atoms with Crippen LogP contribution in [0.3, 0.4) is 0 Å². The summed E-state index contributed by atoms with van der Waals surface area (Å²) >= 11 is 0. The average Bonchev–Trinajstić information content (AvgIpc) is 2.28. The van der Waals surface area contributed by atoms with Crippen molar-refractivity contribution in [1.29, 1.82) is 0 Å². The predicted molar refractivity (Wildman–Crippen MR) is 72.2 cm³/mol. The van der Waals surface area contributed by atoms with E-state index in [1.54, 1.807) is 0 Å². The van der Waals surface area contributed by atoms with Gasteiger partial charge in [-0.15, -0.1) is 0 Å². The summed E-state index contributed by atoms with van der Waals surface area (Å²) in [5.74, 6) is -0.817. The second kappa shape index (κ2) is 5.36. The Balaban J connectivity index is 2.16. The van der Waals surface area contributed by atoms with Crippen LogP contribution in [0.25, 0.3) is 0 Å². The molecule has 0 aliphatic heterocycles. The summed E-state index contributed by atoms with van der Waals surface area (Å²) < 4.78 is 0. The lowest BCUT2D eigenvalue weighted by Gasteiger charge is -2.08. The molecule has 2 rings (SSSR count). The topological polar surface area (TPSA) is 49.3 Å². The van der Waals surface area contributed by atoms with Gasteiger partial charge in [-0.2, -0.15) is 0 Å². The lowest BCUT2D eigenvalue weighted by molar-refractivity contribution is -0.136. The third-order valence-corrected chi connectivity index (χ3v) is 2.59. The first-order valence-electron chi connectivity index (χ1n) is 5.78. The van der Waals surface area contributed by atoms with Crippen molar-refractivity contribution in [2.24, 2.45) is 0 Å². The SMILES string of the molecule is Cc1cccc(Nc2cccc(CC(=O)O)c2)c1. The molecule has 92 valence electrons.